The zero-order valence-electron chi connectivity index (χ0n) is 20.9. The highest BCUT2D eigenvalue weighted by Crippen LogP contribution is 2.69. The van der Waals surface area contributed by atoms with Crippen molar-refractivity contribution in [2.45, 2.75) is 111 Å². The van der Waals surface area contributed by atoms with Gasteiger partial charge in [-0.2, -0.15) is 0 Å². The Hall–Kier alpha value is -0.600. The van der Waals surface area contributed by atoms with Crippen molar-refractivity contribution in [3.05, 3.63) is 24.3 Å². The van der Waals surface area contributed by atoms with Crippen LogP contribution in [0.25, 0.3) is 0 Å². The highest BCUT2D eigenvalue weighted by Gasteiger charge is 2.66. The van der Waals surface area contributed by atoms with Crippen molar-refractivity contribution in [3.8, 4) is 0 Å². The van der Waals surface area contributed by atoms with E-state index in [2.05, 4.69) is 53.3 Å². The molecule has 4 aliphatic carbocycles. The predicted molar refractivity (Wildman–Crippen MR) is 130 cm³/mol. The lowest BCUT2D eigenvalue weighted by molar-refractivity contribution is -0.183. The minimum atomic E-state index is -0.522. The first-order chi connectivity index (χ1) is 14.6. The number of fused-ring (bicyclic) bond motifs is 5. The Labute approximate surface area is 191 Å². The first-order valence-corrected chi connectivity index (χ1v) is 13.3. The third-order valence-electron chi connectivity index (χ3n) is 11.1. The molecular weight excluding hydrogens is 380 g/mol. The van der Waals surface area contributed by atoms with Crippen LogP contribution < -0.4 is 0 Å². The summed E-state index contributed by atoms with van der Waals surface area (Å²) in [7, 11) is 0. The standard InChI is InChI=1S/C29H48O2/c1-7-21(19(2)3)9-8-20(4)24-14-17-29(31)26-11-10-22-18-23(30)12-15-27(22,5)25(26)13-16-28(24,29)6/h7,10,19-21,23-26,30-31H,1,8-9,11-18H2,2-6H3/t20-,21-,23+,24-,25?,26-,27+,28-,29-/m1/s1. The average Bonchev–Trinajstić information content (AvgIpc) is 3.00. The highest BCUT2D eigenvalue weighted by molar-refractivity contribution is 5.28. The molecule has 0 aliphatic heterocycles. The molecule has 0 spiro atoms. The molecule has 0 amide bonds. The molecule has 0 saturated heterocycles. The molecule has 3 fully saturated rings. The number of allylic oxidation sites excluding steroid dienone is 2. The van der Waals surface area contributed by atoms with E-state index in [4.69, 9.17) is 0 Å². The zero-order valence-corrected chi connectivity index (χ0v) is 20.9. The third-order valence-corrected chi connectivity index (χ3v) is 11.1. The smallest absolute Gasteiger partial charge is 0.0737 e. The Balaban J connectivity index is 1.54. The second kappa shape index (κ2) is 8.32. The second-order valence-electron chi connectivity index (χ2n) is 12.7. The van der Waals surface area contributed by atoms with Crippen molar-refractivity contribution in [3.63, 3.8) is 0 Å². The molecule has 9 atom stereocenters. The van der Waals surface area contributed by atoms with E-state index in [9.17, 15) is 10.2 Å². The van der Waals surface area contributed by atoms with Gasteiger partial charge in [-0.3, -0.25) is 0 Å². The van der Waals surface area contributed by atoms with Crippen molar-refractivity contribution in [1.82, 2.24) is 0 Å². The first-order valence-electron chi connectivity index (χ1n) is 13.3. The van der Waals surface area contributed by atoms with E-state index in [1.807, 2.05) is 0 Å². The van der Waals surface area contributed by atoms with Gasteiger partial charge in [0.25, 0.3) is 0 Å². The molecule has 0 bridgehead atoms. The van der Waals surface area contributed by atoms with Crippen LogP contribution in [0.1, 0.15) is 98.8 Å². The fraction of sp³-hybridized carbons (Fsp3) is 0.862. The van der Waals surface area contributed by atoms with Crippen LogP contribution in [0.2, 0.25) is 0 Å². The maximum atomic E-state index is 12.4. The molecule has 2 nitrogen and oxygen atoms in total. The molecule has 0 heterocycles. The summed E-state index contributed by atoms with van der Waals surface area (Å²) in [4.78, 5) is 0. The lowest BCUT2D eigenvalue weighted by atomic mass is 9.45. The lowest BCUT2D eigenvalue weighted by Crippen LogP contribution is -2.60. The summed E-state index contributed by atoms with van der Waals surface area (Å²) < 4.78 is 0. The molecule has 0 aromatic carbocycles. The minimum absolute atomic E-state index is 0.0466. The van der Waals surface area contributed by atoms with Crippen LogP contribution in [-0.2, 0) is 0 Å². The van der Waals surface area contributed by atoms with E-state index in [1.165, 1.54) is 37.7 Å². The first kappa shape index (κ1) is 23.6. The molecule has 2 N–H and O–H groups in total. The Bertz CT molecular complexity index is 710. The molecule has 4 aliphatic rings. The molecule has 0 aromatic rings. The van der Waals surface area contributed by atoms with Crippen molar-refractivity contribution >= 4 is 0 Å². The van der Waals surface area contributed by atoms with Crippen LogP contribution in [0.5, 0.6) is 0 Å². The van der Waals surface area contributed by atoms with Crippen molar-refractivity contribution in [2.24, 2.45) is 46.3 Å². The van der Waals surface area contributed by atoms with Gasteiger partial charge in [-0.05, 0) is 111 Å². The lowest BCUT2D eigenvalue weighted by Gasteiger charge is -2.61. The van der Waals surface area contributed by atoms with Crippen LogP contribution in [0.4, 0.5) is 0 Å². The number of rotatable bonds is 6. The van der Waals surface area contributed by atoms with Crippen LogP contribution in [0.3, 0.4) is 0 Å². The van der Waals surface area contributed by atoms with Gasteiger partial charge in [-0.1, -0.05) is 52.3 Å². The van der Waals surface area contributed by atoms with Gasteiger partial charge in [0.05, 0.1) is 11.7 Å². The topological polar surface area (TPSA) is 40.5 Å². The highest BCUT2D eigenvalue weighted by atomic mass is 16.3. The van der Waals surface area contributed by atoms with Gasteiger partial charge >= 0.3 is 0 Å². The van der Waals surface area contributed by atoms with Crippen molar-refractivity contribution < 1.29 is 10.2 Å². The quantitative estimate of drug-likeness (QED) is 0.451. The summed E-state index contributed by atoms with van der Waals surface area (Å²) in [6.45, 7) is 16.0. The number of aliphatic hydroxyl groups excluding tert-OH is 1. The van der Waals surface area contributed by atoms with Gasteiger partial charge in [0.2, 0.25) is 0 Å². The minimum Gasteiger partial charge on any atom is -0.393 e. The average molecular weight is 429 g/mol. The largest absolute Gasteiger partial charge is 0.393 e. The Morgan fingerprint density at radius 1 is 1.06 bits per heavy atom. The van der Waals surface area contributed by atoms with E-state index >= 15 is 0 Å². The molecule has 2 heteroatoms. The summed E-state index contributed by atoms with van der Waals surface area (Å²) in [5.41, 5.74) is 1.21. The van der Waals surface area contributed by atoms with Crippen molar-refractivity contribution in [2.75, 3.05) is 0 Å². The van der Waals surface area contributed by atoms with Crippen LogP contribution >= 0.6 is 0 Å². The normalized spacial score (nSPS) is 46.5. The predicted octanol–water partition coefficient (Wildman–Crippen LogP) is 6.92. The Kier molecular flexibility index (Phi) is 6.32. The SMILES string of the molecule is C=C[C@H](CC[C@@H](C)[C@H]1CC[C@@]2(O)[C@@H]3CC=C4C[C@@H](O)CC[C@]4(C)C3CC[C@]12C)C(C)C. The maximum absolute atomic E-state index is 12.4. The molecule has 176 valence electrons. The summed E-state index contributed by atoms with van der Waals surface area (Å²) >= 11 is 0. The monoisotopic (exact) mass is 428 g/mol. The third kappa shape index (κ3) is 3.59. The number of aliphatic hydroxyl groups is 2. The van der Waals surface area contributed by atoms with Gasteiger partial charge in [0.1, 0.15) is 0 Å². The second-order valence-corrected chi connectivity index (χ2v) is 12.7. The van der Waals surface area contributed by atoms with Crippen LogP contribution in [0, 0.1) is 46.3 Å². The van der Waals surface area contributed by atoms with E-state index in [1.54, 1.807) is 0 Å². The molecule has 1 unspecified atom stereocenters. The molecule has 31 heavy (non-hydrogen) atoms. The number of hydrogen-bond donors (Lipinski definition) is 2. The zero-order chi connectivity index (χ0) is 22.6. The molecular formula is C29H48O2. The van der Waals surface area contributed by atoms with Gasteiger partial charge < -0.3 is 10.2 Å². The maximum Gasteiger partial charge on any atom is 0.0737 e. The van der Waals surface area contributed by atoms with Gasteiger partial charge in [0.15, 0.2) is 0 Å². The summed E-state index contributed by atoms with van der Waals surface area (Å²) in [5.74, 6) is 3.53. The van der Waals surface area contributed by atoms with E-state index < -0.39 is 5.60 Å². The number of hydrogen-bond acceptors (Lipinski definition) is 2. The van der Waals surface area contributed by atoms with E-state index in [-0.39, 0.29) is 16.9 Å². The fourth-order valence-electron chi connectivity index (χ4n) is 8.94. The molecule has 0 aromatic heterocycles. The Morgan fingerprint density at radius 3 is 2.48 bits per heavy atom. The Morgan fingerprint density at radius 2 is 1.81 bits per heavy atom. The summed E-state index contributed by atoms with van der Waals surface area (Å²) in [5, 5.41) is 22.6. The fourth-order valence-corrected chi connectivity index (χ4v) is 8.94. The van der Waals surface area contributed by atoms with Gasteiger partial charge in [0, 0.05) is 0 Å². The molecule has 4 rings (SSSR count). The molecule has 0 radical (unpaired) electrons. The van der Waals surface area contributed by atoms with Crippen LogP contribution in [-0.4, -0.2) is 21.9 Å². The van der Waals surface area contributed by atoms with Crippen molar-refractivity contribution in [1.29, 1.82) is 0 Å². The van der Waals surface area contributed by atoms with Gasteiger partial charge in [-0.15, -0.1) is 6.58 Å². The molecule has 3 saturated carbocycles. The summed E-state index contributed by atoms with van der Waals surface area (Å²) in [6, 6.07) is 0. The van der Waals surface area contributed by atoms with Gasteiger partial charge in [-0.25, -0.2) is 0 Å². The van der Waals surface area contributed by atoms with Crippen LogP contribution in [0.15, 0.2) is 24.3 Å². The summed E-state index contributed by atoms with van der Waals surface area (Å²) in [6.07, 6.45) is 15.4. The van der Waals surface area contributed by atoms with E-state index in [0.717, 1.165) is 32.1 Å². The van der Waals surface area contributed by atoms with E-state index in [0.29, 0.717) is 35.5 Å².